The smallest absolute Gasteiger partial charge is 0.175 e. The van der Waals surface area contributed by atoms with Gasteiger partial charge in [0, 0.05) is 18.8 Å². The van der Waals surface area contributed by atoms with E-state index in [1.165, 1.54) is 6.26 Å². The maximum Gasteiger partial charge on any atom is 0.175 e. The number of benzene rings is 1. The Morgan fingerprint density at radius 3 is 2.35 bits per heavy atom. The summed E-state index contributed by atoms with van der Waals surface area (Å²) in [5.41, 5.74) is 6.73. The predicted octanol–water partition coefficient (Wildman–Crippen LogP) is 0.569. The molecule has 17 heavy (non-hydrogen) atoms. The molecule has 4 nitrogen and oxygen atoms in total. The fourth-order valence-corrected chi connectivity index (χ4v) is 2.10. The molecule has 3 N–H and O–H groups in total. The normalized spacial score (nSPS) is 13.6. The standard InChI is InChI=1S/C12H20N2O2S/c1-10(13)9-14-8-7-11-3-5-12(6-4-11)17(2,15)16/h3-6,10,14H,7-9,13H2,1-2H3. The summed E-state index contributed by atoms with van der Waals surface area (Å²) in [6.45, 7) is 3.59. The first-order valence-electron chi connectivity index (χ1n) is 5.65. The monoisotopic (exact) mass is 256 g/mol. The first-order chi connectivity index (χ1) is 7.89. The number of rotatable bonds is 6. The third-order valence-electron chi connectivity index (χ3n) is 2.41. The highest BCUT2D eigenvalue weighted by Gasteiger charge is 2.05. The maximum absolute atomic E-state index is 11.3. The first kappa shape index (κ1) is 14.2. The number of sulfone groups is 1. The molecule has 1 atom stereocenters. The Hall–Kier alpha value is -0.910. The van der Waals surface area contributed by atoms with Gasteiger partial charge in [0.1, 0.15) is 0 Å². The Balaban J connectivity index is 2.46. The van der Waals surface area contributed by atoms with Crippen LogP contribution in [-0.4, -0.2) is 33.8 Å². The molecule has 0 radical (unpaired) electrons. The van der Waals surface area contributed by atoms with Crippen molar-refractivity contribution in [3.8, 4) is 0 Å². The number of nitrogens with one attached hydrogen (secondary N) is 1. The molecule has 0 heterocycles. The highest BCUT2D eigenvalue weighted by Crippen LogP contribution is 2.10. The zero-order chi connectivity index (χ0) is 12.9. The molecule has 5 heteroatoms. The van der Waals surface area contributed by atoms with Gasteiger partial charge in [0.25, 0.3) is 0 Å². The summed E-state index contributed by atoms with van der Waals surface area (Å²) >= 11 is 0. The van der Waals surface area contributed by atoms with Gasteiger partial charge in [0.2, 0.25) is 0 Å². The van der Waals surface area contributed by atoms with Gasteiger partial charge in [0.05, 0.1) is 4.90 Å². The number of hydrogen-bond donors (Lipinski definition) is 2. The highest BCUT2D eigenvalue weighted by atomic mass is 32.2. The van der Waals surface area contributed by atoms with Crippen LogP contribution in [0.5, 0.6) is 0 Å². The number of hydrogen-bond acceptors (Lipinski definition) is 4. The minimum Gasteiger partial charge on any atom is -0.327 e. The molecule has 0 aliphatic rings. The van der Waals surface area contributed by atoms with Crippen molar-refractivity contribution in [3.63, 3.8) is 0 Å². The van der Waals surface area contributed by atoms with Gasteiger partial charge in [-0.15, -0.1) is 0 Å². The predicted molar refractivity (Wildman–Crippen MR) is 69.8 cm³/mol. The molecule has 96 valence electrons. The third kappa shape index (κ3) is 5.30. The highest BCUT2D eigenvalue weighted by molar-refractivity contribution is 7.90. The molecule has 1 unspecified atom stereocenters. The van der Waals surface area contributed by atoms with Crippen molar-refractivity contribution in [1.82, 2.24) is 5.32 Å². The van der Waals surface area contributed by atoms with Crippen LogP contribution in [-0.2, 0) is 16.3 Å². The average Bonchev–Trinajstić information content (AvgIpc) is 2.23. The molecule has 0 spiro atoms. The van der Waals surface area contributed by atoms with Gasteiger partial charge < -0.3 is 11.1 Å². The summed E-state index contributed by atoms with van der Waals surface area (Å²) < 4.78 is 22.5. The molecule has 0 bridgehead atoms. The summed E-state index contributed by atoms with van der Waals surface area (Å²) in [6.07, 6.45) is 2.09. The van der Waals surface area contributed by atoms with Crippen molar-refractivity contribution in [1.29, 1.82) is 0 Å². The van der Waals surface area contributed by atoms with Gasteiger partial charge in [-0.25, -0.2) is 8.42 Å². The fourth-order valence-electron chi connectivity index (χ4n) is 1.47. The van der Waals surface area contributed by atoms with Crippen molar-refractivity contribution in [3.05, 3.63) is 29.8 Å². The largest absolute Gasteiger partial charge is 0.327 e. The van der Waals surface area contributed by atoms with Crippen LogP contribution in [0.25, 0.3) is 0 Å². The minimum absolute atomic E-state index is 0.155. The van der Waals surface area contributed by atoms with E-state index in [1.54, 1.807) is 12.1 Å². The second-order valence-corrected chi connectivity index (χ2v) is 6.36. The van der Waals surface area contributed by atoms with Gasteiger partial charge in [-0.1, -0.05) is 12.1 Å². The van der Waals surface area contributed by atoms with E-state index in [9.17, 15) is 8.42 Å². The lowest BCUT2D eigenvalue weighted by molar-refractivity contribution is 0.601. The molecular weight excluding hydrogens is 236 g/mol. The fraction of sp³-hybridized carbons (Fsp3) is 0.500. The van der Waals surface area contributed by atoms with E-state index in [4.69, 9.17) is 5.73 Å². The van der Waals surface area contributed by atoms with E-state index < -0.39 is 9.84 Å². The lowest BCUT2D eigenvalue weighted by Crippen LogP contribution is -2.32. The molecule has 1 aromatic carbocycles. The number of nitrogens with two attached hydrogens (primary N) is 1. The molecule has 0 aliphatic carbocycles. The summed E-state index contributed by atoms with van der Waals surface area (Å²) in [4.78, 5) is 0.366. The molecule has 1 aromatic rings. The van der Waals surface area contributed by atoms with Crippen molar-refractivity contribution in [2.24, 2.45) is 5.73 Å². The summed E-state index contributed by atoms with van der Waals surface area (Å²) in [6, 6.07) is 7.16. The van der Waals surface area contributed by atoms with Crippen LogP contribution in [0.1, 0.15) is 12.5 Å². The third-order valence-corrected chi connectivity index (χ3v) is 3.54. The second kappa shape index (κ2) is 6.14. The first-order valence-corrected chi connectivity index (χ1v) is 7.54. The Morgan fingerprint density at radius 2 is 1.88 bits per heavy atom. The molecule has 0 saturated heterocycles. The summed E-state index contributed by atoms with van der Waals surface area (Å²) in [5, 5.41) is 3.23. The van der Waals surface area contributed by atoms with Gasteiger partial charge in [-0.3, -0.25) is 0 Å². The van der Waals surface area contributed by atoms with E-state index in [1.807, 2.05) is 19.1 Å². The van der Waals surface area contributed by atoms with Crippen molar-refractivity contribution >= 4 is 9.84 Å². The van der Waals surface area contributed by atoms with Gasteiger partial charge in [-0.05, 0) is 37.6 Å². The van der Waals surface area contributed by atoms with E-state index in [2.05, 4.69) is 5.32 Å². The minimum atomic E-state index is -3.09. The Bertz CT molecular complexity index is 438. The van der Waals surface area contributed by atoms with E-state index in [-0.39, 0.29) is 6.04 Å². The van der Waals surface area contributed by atoms with Crippen molar-refractivity contribution in [2.75, 3.05) is 19.3 Å². The summed E-state index contributed by atoms with van der Waals surface area (Å²) in [5.74, 6) is 0. The molecule has 0 aromatic heterocycles. The Kier molecular flexibility index (Phi) is 5.11. The summed E-state index contributed by atoms with van der Waals surface area (Å²) in [7, 11) is -3.09. The zero-order valence-corrected chi connectivity index (χ0v) is 11.1. The molecule has 0 saturated carbocycles. The molecule has 0 aliphatic heterocycles. The lowest BCUT2D eigenvalue weighted by Gasteiger charge is -2.07. The van der Waals surface area contributed by atoms with Gasteiger partial charge in [-0.2, -0.15) is 0 Å². The van der Waals surface area contributed by atoms with Crippen molar-refractivity contribution < 1.29 is 8.42 Å². The molecular formula is C12H20N2O2S. The maximum atomic E-state index is 11.3. The topological polar surface area (TPSA) is 72.2 Å². The van der Waals surface area contributed by atoms with Crippen LogP contribution in [0.2, 0.25) is 0 Å². The second-order valence-electron chi connectivity index (χ2n) is 4.35. The zero-order valence-electron chi connectivity index (χ0n) is 10.3. The Labute approximate surface area is 103 Å². The van der Waals surface area contributed by atoms with Crippen LogP contribution < -0.4 is 11.1 Å². The van der Waals surface area contributed by atoms with Gasteiger partial charge >= 0.3 is 0 Å². The van der Waals surface area contributed by atoms with E-state index >= 15 is 0 Å². The SMILES string of the molecule is CC(N)CNCCc1ccc(S(C)(=O)=O)cc1. The molecule has 1 rings (SSSR count). The van der Waals surface area contributed by atoms with Crippen LogP contribution >= 0.6 is 0 Å². The van der Waals surface area contributed by atoms with Crippen LogP contribution in [0.15, 0.2) is 29.2 Å². The van der Waals surface area contributed by atoms with Crippen LogP contribution in [0.3, 0.4) is 0 Å². The average molecular weight is 256 g/mol. The lowest BCUT2D eigenvalue weighted by atomic mass is 10.1. The van der Waals surface area contributed by atoms with Crippen LogP contribution in [0, 0.1) is 0 Å². The quantitative estimate of drug-likeness (QED) is 0.730. The van der Waals surface area contributed by atoms with Crippen molar-refractivity contribution in [2.45, 2.75) is 24.3 Å². The van der Waals surface area contributed by atoms with Crippen LogP contribution in [0.4, 0.5) is 0 Å². The molecule has 0 fully saturated rings. The van der Waals surface area contributed by atoms with E-state index in [0.717, 1.165) is 25.1 Å². The Morgan fingerprint density at radius 1 is 1.29 bits per heavy atom. The van der Waals surface area contributed by atoms with E-state index in [0.29, 0.717) is 4.90 Å². The molecule has 0 amide bonds. The van der Waals surface area contributed by atoms with Gasteiger partial charge in [0.15, 0.2) is 9.84 Å².